The van der Waals surface area contributed by atoms with Crippen molar-refractivity contribution in [3.63, 3.8) is 0 Å². The lowest BCUT2D eigenvalue weighted by molar-refractivity contribution is 0.101. The van der Waals surface area contributed by atoms with Crippen molar-refractivity contribution < 1.29 is 9.90 Å². The summed E-state index contributed by atoms with van der Waals surface area (Å²) in [4.78, 5) is 13.7. The number of carbonyl (C=O) groups is 1. The molecule has 0 aromatic heterocycles. The summed E-state index contributed by atoms with van der Waals surface area (Å²) < 4.78 is 0. The van der Waals surface area contributed by atoms with Crippen LogP contribution in [-0.4, -0.2) is 28.9 Å². The molecule has 0 bridgehead atoms. The smallest absolute Gasteiger partial charge is 0.163 e. The largest absolute Gasteiger partial charge is 0.507 e. The molecule has 1 rings (SSSR count). The molecule has 19 heavy (non-hydrogen) atoms. The van der Waals surface area contributed by atoms with Crippen LogP contribution in [-0.2, 0) is 6.54 Å². The second kappa shape index (κ2) is 6.92. The zero-order chi connectivity index (χ0) is 14.6. The van der Waals surface area contributed by atoms with Crippen molar-refractivity contribution in [3.8, 4) is 5.75 Å². The van der Waals surface area contributed by atoms with Crippen molar-refractivity contribution in [2.75, 3.05) is 13.1 Å². The quantitative estimate of drug-likeness (QED) is 0.809. The molecule has 0 unspecified atom stereocenters. The van der Waals surface area contributed by atoms with Crippen LogP contribution in [0.15, 0.2) is 12.1 Å². The fourth-order valence-corrected chi connectivity index (χ4v) is 2.35. The molecule has 3 nitrogen and oxygen atoms in total. The molecule has 0 saturated heterocycles. The first-order valence-corrected chi connectivity index (χ1v) is 6.97. The van der Waals surface area contributed by atoms with E-state index in [1.807, 2.05) is 0 Å². The molecule has 4 heteroatoms. The number of Topliss-reactive ketones (excluding diaryl/α,β-unsaturated/α-hetero) is 1. The summed E-state index contributed by atoms with van der Waals surface area (Å²) in [5, 5.41) is 10.6. The molecule has 0 amide bonds. The Morgan fingerprint density at radius 3 is 2.53 bits per heavy atom. The molecule has 0 fully saturated rings. The highest BCUT2D eigenvalue weighted by Gasteiger charge is 2.15. The van der Waals surface area contributed by atoms with Gasteiger partial charge in [0.1, 0.15) is 5.75 Å². The molecule has 1 N–H and O–H groups in total. The number of halogens is 1. The summed E-state index contributed by atoms with van der Waals surface area (Å²) in [7, 11) is 0. The first-order valence-electron chi connectivity index (χ1n) is 6.59. The lowest BCUT2D eigenvalue weighted by Gasteiger charge is -2.23. The highest BCUT2D eigenvalue weighted by Crippen LogP contribution is 2.28. The first-order chi connectivity index (χ1) is 8.85. The monoisotopic (exact) mass is 283 g/mol. The fourth-order valence-electron chi connectivity index (χ4n) is 2.11. The van der Waals surface area contributed by atoms with Crippen LogP contribution in [0.25, 0.3) is 0 Å². The molecule has 1 aromatic carbocycles. The van der Waals surface area contributed by atoms with E-state index in [9.17, 15) is 9.90 Å². The summed E-state index contributed by atoms with van der Waals surface area (Å²) in [6.45, 7) is 10.2. The van der Waals surface area contributed by atoms with Gasteiger partial charge >= 0.3 is 0 Å². The average molecular weight is 284 g/mol. The van der Waals surface area contributed by atoms with Gasteiger partial charge in [0.2, 0.25) is 0 Å². The molecular formula is C15H22ClNO2. The third-order valence-electron chi connectivity index (χ3n) is 3.00. The van der Waals surface area contributed by atoms with Gasteiger partial charge in [0.25, 0.3) is 0 Å². The van der Waals surface area contributed by atoms with Crippen LogP contribution in [0.1, 0.15) is 43.6 Å². The van der Waals surface area contributed by atoms with Gasteiger partial charge in [-0.15, -0.1) is 0 Å². The number of ketones is 1. The lowest BCUT2D eigenvalue weighted by atomic mass is 10.0. The second-order valence-electron chi connectivity index (χ2n) is 5.24. The summed E-state index contributed by atoms with van der Waals surface area (Å²) in [5.41, 5.74) is 1.00. The van der Waals surface area contributed by atoms with Crippen molar-refractivity contribution in [1.82, 2.24) is 4.90 Å². The molecule has 0 heterocycles. The Balaban J connectivity index is 3.03. The lowest BCUT2D eigenvalue weighted by Crippen LogP contribution is -2.27. The molecular weight excluding hydrogens is 262 g/mol. The molecule has 0 aliphatic rings. The number of phenols is 1. The zero-order valence-corrected chi connectivity index (χ0v) is 12.8. The van der Waals surface area contributed by atoms with E-state index in [0.717, 1.165) is 13.1 Å². The number of hydrogen-bond donors (Lipinski definition) is 1. The number of benzene rings is 1. The van der Waals surface area contributed by atoms with Crippen molar-refractivity contribution in [2.45, 2.75) is 34.2 Å². The maximum atomic E-state index is 11.5. The van der Waals surface area contributed by atoms with E-state index in [0.29, 0.717) is 28.6 Å². The predicted octanol–water partition coefficient (Wildman–Crippen LogP) is 3.73. The maximum absolute atomic E-state index is 11.5. The van der Waals surface area contributed by atoms with E-state index in [2.05, 4.69) is 25.7 Å². The van der Waals surface area contributed by atoms with Crippen LogP contribution >= 0.6 is 11.6 Å². The third kappa shape index (κ3) is 4.51. The summed E-state index contributed by atoms with van der Waals surface area (Å²) in [6, 6.07) is 3.24. The Morgan fingerprint density at radius 1 is 1.42 bits per heavy atom. The van der Waals surface area contributed by atoms with Gasteiger partial charge in [-0.25, -0.2) is 0 Å². The van der Waals surface area contributed by atoms with E-state index in [-0.39, 0.29) is 11.5 Å². The minimum absolute atomic E-state index is 0.0547. The van der Waals surface area contributed by atoms with Crippen LogP contribution in [0.4, 0.5) is 0 Å². The van der Waals surface area contributed by atoms with E-state index < -0.39 is 0 Å². The van der Waals surface area contributed by atoms with Gasteiger partial charge in [-0.3, -0.25) is 9.69 Å². The third-order valence-corrected chi connectivity index (χ3v) is 3.22. The van der Waals surface area contributed by atoms with Crippen LogP contribution in [0, 0.1) is 5.92 Å². The minimum Gasteiger partial charge on any atom is -0.507 e. The van der Waals surface area contributed by atoms with E-state index in [4.69, 9.17) is 11.6 Å². The van der Waals surface area contributed by atoms with Gasteiger partial charge in [0.15, 0.2) is 5.78 Å². The van der Waals surface area contributed by atoms with E-state index >= 15 is 0 Å². The van der Waals surface area contributed by atoms with Crippen molar-refractivity contribution in [2.24, 2.45) is 5.92 Å². The Labute approximate surface area is 120 Å². The minimum atomic E-state index is -0.173. The molecule has 0 aliphatic carbocycles. The number of carbonyl (C=O) groups excluding carboxylic acids is 1. The SMILES string of the molecule is CCN(Cc1cc(Cl)cc(C(C)=O)c1O)CC(C)C. The van der Waals surface area contributed by atoms with Crippen LogP contribution in [0.2, 0.25) is 5.02 Å². The van der Waals surface area contributed by atoms with Gasteiger partial charge < -0.3 is 5.11 Å². The molecule has 0 spiro atoms. The molecule has 106 valence electrons. The van der Waals surface area contributed by atoms with Crippen LogP contribution in [0.5, 0.6) is 5.75 Å². The van der Waals surface area contributed by atoms with Gasteiger partial charge in [-0.2, -0.15) is 0 Å². The standard InChI is InChI=1S/C15H22ClNO2/c1-5-17(8-10(2)3)9-12-6-13(16)7-14(11(4)18)15(12)19/h6-7,10,19H,5,8-9H2,1-4H3. The Morgan fingerprint density at radius 2 is 2.05 bits per heavy atom. The van der Waals surface area contributed by atoms with E-state index in [1.54, 1.807) is 6.07 Å². The summed E-state index contributed by atoms with van der Waals surface area (Å²) >= 11 is 6.02. The number of aromatic hydroxyl groups is 1. The van der Waals surface area contributed by atoms with Gasteiger partial charge in [0, 0.05) is 23.7 Å². The molecule has 0 radical (unpaired) electrons. The van der Waals surface area contributed by atoms with E-state index in [1.165, 1.54) is 13.0 Å². The molecule has 0 atom stereocenters. The molecule has 0 saturated carbocycles. The van der Waals surface area contributed by atoms with Gasteiger partial charge in [-0.05, 0) is 31.5 Å². The highest BCUT2D eigenvalue weighted by atomic mass is 35.5. The van der Waals surface area contributed by atoms with Crippen molar-refractivity contribution in [3.05, 3.63) is 28.3 Å². The number of hydrogen-bond acceptors (Lipinski definition) is 3. The Bertz CT molecular complexity index is 458. The Kier molecular flexibility index (Phi) is 5.83. The number of phenolic OH excluding ortho intramolecular Hbond substituents is 1. The normalized spacial score (nSPS) is 11.3. The molecule has 1 aromatic rings. The number of rotatable bonds is 6. The zero-order valence-electron chi connectivity index (χ0n) is 12.0. The molecule has 0 aliphatic heterocycles. The topological polar surface area (TPSA) is 40.5 Å². The number of nitrogens with zero attached hydrogens (tertiary/aromatic N) is 1. The first kappa shape index (κ1) is 16.0. The maximum Gasteiger partial charge on any atom is 0.163 e. The average Bonchev–Trinajstić information content (AvgIpc) is 2.31. The Hall–Kier alpha value is -1.06. The summed E-state index contributed by atoms with van der Waals surface area (Å²) in [6.07, 6.45) is 0. The van der Waals surface area contributed by atoms with Crippen LogP contribution in [0.3, 0.4) is 0 Å². The van der Waals surface area contributed by atoms with Gasteiger partial charge in [0.05, 0.1) is 5.56 Å². The van der Waals surface area contributed by atoms with Crippen molar-refractivity contribution in [1.29, 1.82) is 0 Å². The fraction of sp³-hybridized carbons (Fsp3) is 0.533. The van der Waals surface area contributed by atoms with Gasteiger partial charge in [-0.1, -0.05) is 32.4 Å². The summed E-state index contributed by atoms with van der Waals surface area (Å²) in [5.74, 6) is 0.431. The predicted molar refractivity (Wildman–Crippen MR) is 78.9 cm³/mol. The highest BCUT2D eigenvalue weighted by molar-refractivity contribution is 6.31. The van der Waals surface area contributed by atoms with Crippen LogP contribution < -0.4 is 0 Å². The van der Waals surface area contributed by atoms with Crippen molar-refractivity contribution >= 4 is 17.4 Å². The second-order valence-corrected chi connectivity index (χ2v) is 5.68.